The highest BCUT2D eigenvalue weighted by Gasteiger charge is 2.41. The molecule has 0 saturated carbocycles. The number of ether oxygens (including phenoxy) is 1. The molecule has 1 amide bonds. The van der Waals surface area contributed by atoms with Gasteiger partial charge in [-0.1, -0.05) is 18.2 Å². The summed E-state index contributed by atoms with van der Waals surface area (Å²) in [7, 11) is 1.95. The van der Waals surface area contributed by atoms with Gasteiger partial charge in [0.05, 0.1) is 18.3 Å². The lowest BCUT2D eigenvalue weighted by molar-refractivity contribution is -0.140. The summed E-state index contributed by atoms with van der Waals surface area (Å²) < 4.78 is 7.97. The third kappa shape index (κ3) is 3.66. The summed E-state index contributed by atoms with van der Waals surface area (Å²) >= 11 is 0. The van der Waals surface area contributed by atoms with Gasteiger partial charge in [-0.3, -0.25) is 14.4 Å². The predicted molar refractivity (Wildman–Crippen MR) is 99.8 cm³/mol. The molecule has 3 heterocycles. The van der Waals surface area contributed by atoms with Crippen LogP contribution in [0.4, 0.5) is 5.69 Å². The number of anilines is 1. The number of nitrogens with zero attached hydrogens (tertiary/aromatic N) is 4. The quantitative estimate of drug-likeness (QED) is 0.848. The molecule has 6 heteroatoms. The second kappa shape index (κ2) is 7.21. The smallest absolute Gasteiger partial charge is 0.253 e. The molecule has 0 aliphatic carbocycles. The molecule has 1 spiro atoms. The van der Waals surface area contributed by atoms with Crippen molar-refractivity contribution in [1.29, 1.82) is 0 Å². The predicted octanol–water partition coefficient (Wildman–Crippen LogP) is 2.21. The number of carbonyl (C=O) groups is 1. The van der Waals surface area contributed by atoms with Crippen molar-refractivity contribution in [2.45, 2.75) is 31.4 Å². The van der Waals surface area contributed by atoms with Crippen LogP contribution in [0.5, 0.6) is 0 Å². The van der Waals surface area contributed by atoms with E-state index in [2.05, 4.69) is 16.2 Å². The minimum absolute atomic E-state index is 0.0540. The molecule has 1 aromatic heterocycles. The number of rotatable bonds is 3. The molecule has 26 heavy (non-hydrogen) atoms. The molecule has 1 unspecified atom stereocenters. The molecule has 1 aromatic carbocycles. The summed E-state index contributed by atoms with van der Waals surface area (Å²) in [4.78, 5) is 16.8. The average Bonchev–Trinajstić information content (AvgIpc) is 2.97. The highest BCUT2D eigenvalue weighted by atomic mass is 16.5. The van der Waals surface area contributed by atoms with E-state index in [1.807, 2.05) is 53.2 Å². The number of aryl methyl sites for hydroxylation is 1. The second-order valence-electron chi connectivity index (χ2n) is 7.44. The molecule has 2 aromatic rings. The van der Waals surface area contributed by atoms with Gasteiger partial charge in [-0.2, -0.15) is 5.10 Å². The molecule has 0 bridgehead atoms. The fourth-order valence-corrected chi connectivity index (χ4v) is 4.05. The first kappa shape index (κ1) is 17.2. The lowest BCUT2D eigenvalue weighted by atomic mass is 9.92. The lowest BCUT2D eigenvalue weighted by Crippen LogP contribution is -2.55. The molecular formula is C20H26N4O2. The van der Waals surface area contributed by atoms with Gasteiger partial charge in [0.25, 0.3) is 5.91 Å². The molecule has 0 radical (unpaired) electrons. The van der Waals surface area contributed by atoms with Crippen molar-refractivity contribution >= 4 is 11.6 Å². The molecular weight excluding hydrogens is 328 g/mol. The standard InChI is InChI=1S/C20H26N4O2/c1-22-13-17(12-21-22)14-23-10-5-8-20(9-11-23)16-24(19(25)15-26-20)18-6-3-2-4-7-18/h2-4,6-7,12-13H,5,8-11,14-16H2,1H3. The maximum Gasteiger partial charge on any atom is 0.253 e. The lowest BCUT2D eigenvalue weighted by Gasteiger charge is -2.42. The highest BCUT2D eigenvalue weighted by molar-refractivity contribution is 5.95. The number of hydrogen-bond donors (Lipinski definition) is 0. The van der Waals surface area contributed by atoms with Crippen molar-refractivity contribution in [2.24, 2.45) is 7.05 Å². The van der Waals surface area contributed by atoms with Gasteiger partial charge in [0.15, 0.2) is 0 Å². The molecule has 2 fully saturated rings. The summed E-state index contributed by atoms with van der Waals surface area (Å²) in [5.41, 5.74) is 1.98. The zero-order valence-electron chi connectivity index (χ0n) is 15.3. The number of amides is 1. The molecule has 0 N–H and O–H groups in total. The summed E-state index contributed by atoms with van der Waals surface area (Å²) in [6, 6.07) is 9.94. The molecule has 138 valence electrons. The first-order valence-electron chi connectivity index (χ1n) is 9.33. The van der Waals surface area contributed by atoms with Gasteiger partial charge in [0, 0.05) is 37.6 Å². The van der Waals surface area contributed by atoms with Crippen LogP contribution in [0.2, 0.25) is 0 Å². The number of morpholine rings is 1. The molecule has 6 nitrogen and oxygen atoms in total. The number of aromatic nitrogens is 2. The molecule has 4 rings (SSSR count). The van der Waals surface area contributed by atoms with Crippen LogP contribution in [0.25, 0.3) is 0 Å². The number of carbonyl (C=O) groups excluding carboxylic acids is 1. The van der Waals surface area contributed by atoms with E-state index in [9.17, 15) is 4.79 Å². The Balaban J connectivity index is 1.44. The van der Waals surface area contributed by atoms with Crippen LogP contribution in [-0.4, -0.2) is 52.4 Å². The minimum Gasteiger partial charge on any atom is -0.363 e. The van der Waals surface area contributed by atoms with Gasteiger partial charge < -0.3 is 9.64 Å². The Morgan fingerprint density at radius 2 is 2.04 bits per heavy atom. The normalized spacial score (nSPS) is 24.8. The zero-order valence-corrected chi connectivity index (χ0v) is 15.3. The topological polar surface area (TPSA) is 50.6 Å². The van der Waals surface area contributed by atoms with Crippen molar-refractivity contribution in [3.63, 3.8) is 0 Å². The Morgan fingerprint density at radius 3 is 2.81 bits per heavy atom. The first-order chi connectivity index (χ1) is 12.6. The first-order valence-corrected chi connectivity index (χ1v) is 9.33. The van der Waals surface area contributed by atoms with E-state index in [0.29, 0.717) is 6.54 Å². The van der Waals surface area contributed by atoms with E-state index in [-0.39, 0.29) is 18.1 Å². The third-order valence-electron chi connectivity index (χ3n) is 5.47. The van der Waals surface area contributed by atoms with E-state index in [0.717, 1.165) is 44.6 Å². The summed E-state index contributed by atoms with van der Waals surface area (Å²) in [5, 5.41) is 4.26. The van der Waals surface area contributed by atoms with Crippen molar-refractivity contribution in [1.82, 2.24) is 14.7 Å². The van der Waals surface area contributed by atoms with Crippen LogP contribution in [0, 0.1) is 0 Å². The molecule has 1 atom stereocenters. The largest absolute Gasteiger partial charge is 0.363 e. The van der Waals surface area contributed by atoms with Gasteiger partial charge in [0.2, 0.25) is 0 Å². The van der Waals surface area contributed by atoms with Crippen LogP contribution in [0.3, 0.4) is 0 Å². The van der Waals surface area contributed by atoms with Crippen LogP contribution < -0.4 is 4.90 Å². The maximum atomic E-state index is 12.4. The number of para-hydroxylation sites is 1. The van der Waals surface area contributed by atoms with Crippen LogP contribution >= 0.6 is 0 Å². The van der Waals surface area contributed by atoms with E-state index >= 15 is 0 Å². The van der Waals surface area contributed by atoms with E-state index in [4.69, 9.17) is 4.74 Å². The average molecular weight is 354 g/mol. The van der Waals surface area contributed by atoms with Gasteiger partial charge in [-0.25, -0.2) is 0 Å². The summed E-state index contributed by atoms with van der Waals surface area (Å²) in [6.07, 6.45) is 7.04. The summed E-state index contributed by atoms with van der Waals surface area (Å²) in [5.74, 6) is 0.0540. The fraction of sp³-hybridized carbons (Fsp3) is 0.500. The van der Waals surface area contributed by atoms with Gasteiger partial charge in [-0.05, 0) is 37.9 Å². The molecule has 2 aliphatic heterocycles. The Kier molecular flexibility index (Phi) is 4.78. The second-order valence-corrected chi connectivity index (χ2v) is 7.44. The molecule has 2 saturated heterocycles. The van der Waals surface area contributed by atoms with Crippen LogP contribution in [-0.2, 0) is 23.1 Å². The molecule has 2 aliphatic rings. The van der Waals surface area contributed by atoms with Gasteiger partial charge >= 0.3 is 0 Å². The Morgan fingerprint density at radius 1 is 1.19 bits per heavy atom. The van der Waals surface area contributed by atoms with Crippen molar-refractivity contribution in [3.05, 3.63) is 48.3 Å². The third-order valence-corrected chi connectivity index (χ3v) is 5.47. The SMILES string of the molecule is Cn1cc(CN2CCCC3(CC2)CN(c2ccccc2)C(=O)CO3)cn1. The zero-order chi connectivity index (χ0) is 18.0. The van der Waals surface area contributed by atoms with E-state index < -0.39 is 0 Å². The van der Waals surface area contributed by atoms with Gasteiger partial charge in [-0.15, -0.1) is 0 Å². The van der Waals surface area contributed by atoms with Crippen molar-refractivity contribution < 1.29 is 9.53 Å². The monoisotopic (exact) mass is 354 g/mol. The summed E-state index contributed by atoms with van der Waals surface area (Å²) in [6.45, 7) is 3.78. The maximum absolute atomic E-state index is 12.4. The van der Waals surface area contributed by atoms with Gasteiger partial charge in [0.1, 0.15) is 6.61 Å². The van der Waals surface area contributed by atoms with Crippen molar-refractivity contribution in [2.75, 3.05) is 31.1 Å². The van der Waals surface area contributed by atoms with E-state index in [1.165, 1.54) is 5.56 Å². The van der Waals surface area contributed by atoms with Crippen LogP contribution in [0.15, 0.2) is 42.7 Å². The minimum atomic E-state index is -0.229. The van der Waals surface area contributed by atoms with Crippen LogP contribution in [0.1, 0.15) is 24.8 Å². The highest BCUT2D eigenvalue weighted by Crippen LogP contribution is 2.33. The van der Waals surface area contributed by atoms with E-state index in [1.54, 1.807) is 0 Å². The number of benzene rings is 1. The number of hydrogen-bond acceptors (Lipinski definition) is 4. The Hall–Kier alpha value is -2.18. The number of likely N-dealkylation sites (tertiary alicyclic amines) is 1. The fourth-order valence-electron chi connectivity index (χ4n) is 4.05. The van der Waals surface area contributed by atoms with Crippen molar-refractivity contribution in [3.8, 4) is 0 Å². The Bertz CT molecular complexity index is 760. The Labute approximate surface area is 154 Å².